The molecule has 2 aromatic rings. The summed E-state index contributed by atoms with van der Waals surface area (Å²) in [6.07, 6.45) is 1.45. The average Bonchev–Trinajstić information content (AvgIpc) is 3.37. The second kappa shape index (κ2) is 6.06. The molecule has 0 N–H and O–H groups in total. The number of imide groups is 1. The number of nitrogens with zero attached hydrogens (tertiary/aromatic N) is 3. The summed E-state index contributed by atoms with van der Waals surface area (Å²) in [4.78, 5) is 27.0. The van der Waals surface area contributed by atoms with Crippen LogP contribution in [0.4, 0.5) is 5.82 Å². The Bertz CT molecular complexity index is 945. The van der Waals surface area contributed by atoms with Gasteiger partial charge in [0, 0.05) is 11.8 Å². The SMILES string of the molecule is Cc1cc(N2C(=O)[C@@H]3[C@@H](C2=O)[C@H]2CC[C@@H]3O2)nn1Cc1ccc(Cl)c(Cl)c1. The van der Waals surface area contributed by atoms with Gasteiger partial charge in [-0.3, -0.25) is 14.3 Å². The smallest absolute Gasteiger partial charge is 0.241 e. The van der Waals surface area contributed by atoms with Gasteiger partial charge in [0.1, 0.15) is 0 Å². The molecule has 2 bridgehead atoms. The Labute approximate surface area is 166 Å². The van der Waals surface area contributed by atoms with Gasteiger partial charge in [-0.15, -0.1) is 0 Å². The lowest BCUT2D eigenvalue weighted by Crippen LogP contribution is -2.34. The first-order chi connectivity index (χ1) is 12.9. The van der Waals surface area contributed by atoms with Crippen molar-refractivity contribution in [2.24, 2.45) is 11.8 Å². The topological polar surface area (TPSA) is 64.4 Å². The second-order valence-electron chi connectivity index (χ2n) is 7.40. The van der Waals surface area contributed by atoms with Gasteiger partial charge < -0.3 is 4.74 Å². The molecule has 8 heteroatoms. The van der Waals surface area contributed by atoms with Crippen LogP contribution in [-0.4, -0.2) is 33.8 Å². The fraction of sp³-hybridized carbons (Fsp3) is 0.421. The van der Waals surface area contributed by atoms with Crippen LogP contribution in [-0.2, 0) is 20.9 Å². The van der Waals surface area contributed by atoms with Crippen molar-refractivity contribution in [3.8, 4) is 0 Å². The van der Waals surface area contributed by atoms with Gasteiger partial charge in [-0.2, -0.15) is 5.10 Å². The molecular formula is C19H17Cl2N3O3. The zero-order valence-electron chi connectivity index (χ0n) is 14.6. The number of carbonyl (C=O) groups excluding carboxylic acids is 2. The van der Waals surface area contributed by atoms with Crippen LogP contribution in [0.1, 0.15) is 24.1 Å². The summed E-state index contributed by atoms with van der Waals surface area (Å²) in [5, 5.41) is 5.50. The normalized spacial score (nSPS) is 29.1. The highest BCUT2D eigenvalue weighted by molar-refractivity contribution is 6.42. The number of fused-ring (bicyclic) bond motifs is 5. The Morgan fingerprint density at radius 3 is 2.37 bits per heavy atom. The molecule has 3 fully saturated rings. The van der Waals surface area contributed by atoms with Crippen molar-refractivity contribution in [2.45, 2.75) is 38.5 Å². The van der Waals surface area contributed by atoms with Crippen LogP contribution in [0.5, 0.6) is 0 Å². The molecule has 6 nitrogen and oxygen atoms in total. The molecular weight excluding hydrogens is 389 g/mol. The highest BCUT2D eigenvalue weighted by Crippen LogP contribution is 2.49. The lowest BCUT2D eigenvalue weighted by atomic mass is 9.81. The highest BCUT2D eigenvalue weighted by atomic mass is 35.5. The van der Waals surface area contributed by atoms with E-state index in [1.807, 2.05) is 13.0 Å². The summed E-state index contributed by atoms with van der Waals surface area (Å²) in [6.45, 7) is 2.37. The van der Waals surface area contributed by atoms with Gasteiger partial charge in [-0.25, -0.2) is 4.90 Å². The summed E-state index contributed by atoms with van der Waals surface area (Å²) in [6, 6.07) is 7.18. The van der Waals surface area contributed by atoms with Crippen molar-refractivity contribution in [2.75, 3.05) is 4.90 Å². The Morgan fingerprint density at radius 1 is 1.07 bits per heavy atom. The number of carbonyl (C=O) groups is 2. The van der Waals surface area contributed by atoms with Gasteiger partial charge >= 0.3 is 0 Å². The van der Waals surface area contributed by atoms with E-state index in [0.717, 1.165) is 24.1 Å². The third-order valence-corrected chi connectivity index (χ3v) is 6.54. The van der Waals surface area contributed by atoms with E-state index in [9.17, 15) is 9.59 Å². The zero-order valence-corrected chi connectivity index (χ0v) is 16.1. The Hall–Kier alpha value is -1.89. The van der Waals surface area contributed by atoms with Gasteiger partial charge in [0.05, 0.1) is 40.6 Å². The predicted octanol–water partition coefficient (Wildman–Crippen LogP) is 3.21. The van der Waals surface area contributed by atoms with Crippen LogP contribution >= 0.6 is 23.2 Å². The minimum Gasteiger partial charge on any atom is -0.373 e. The van der Waals surface area contributed by atoms with Gasteiger partial charge in [0.25, 0.3) is 0 Å². The molecule has 4 atom stereocenters. The van der Waals surface area contributed by atoms with Crippen molar-refractivity contribution in [1.29, 1.82) is 0 Å². The molecule has 3 aliphatic rings. The third kappa shape index (κ3) is 2.54. The van der Waals surface area contributed by atoms with E-state index in [0.29, 0.717) is 22.4 Å². The number of amides is 2. The molecule has 3 aliphatic heterocycles. The number of rotatable bonds is 3. The quantitative estimate of drug-likeness (QED) is 0.735. The molecule has 0 spiro atoms. The first-order valence-corrected chi connectivity index (χ1v) is 9.71. The first kappa shape index (κ1) is 17.2. The van der Waals surface area contributed by atoms with E-state index in [1.165, 1.54) is 4.90 Å². The van der Waals surface area contributed by atoms with Crippen molar-refractivity contribution < 1.29 is 14.3 Å². The number of benzene rings is 1. The molecule has 1 aromatic carbocycles. The molecule has 2 amide bonds. The van der Waals surface area contributed by atoms with Gasteiger partial charge in [-0.1, -0.05) is 29.3 Å². The number of hydrogen-bond donors (Lipinski definition) is 0. The number of halogens is 2. The molecule has 27 heavy (non-hydrogen) atoms. The monoisotopic (exact) mass is 405 g/mol. The summed E-state index contributed by atoms with van der Waals surface area (Å²) < 4.78 is 7.53. The number of aromatic nitrogens is 2. The predicted molar refractivity (Wildman–Crippen MR) is 99.9 cm³/mol. The number of hydrogen-bond acceptors (Lipinski definition) is 4. The third-order valence-electron chi connectivity index (χ3n) is 5.80. The molecule has 1 aromatic heterocycles. The van der Waals surface area contributed by atoms with Crippen LogP contribution in [0, 0.1) is 18.8 Å². The molecule has 0 aliphatic carbocycles. The summed E-state index contributed by atoms with van der Waals surface area (Å²) in [5.74, 6) is -0.683. The largest absolute Gasteiger partial charge is 0.373 e. The van der Waals surface area contributed by atoms with E-state index in [1.54, 1.807) is 22.9 Å². The molecule has 0 unspecified atom stereocenters. The number of anilines is 1. The Kier molecular flexibility index (Phi) is 3.86. The van der Waals surface area contributed by atoms with Crippen molar-refractivity contribution in [3.63, 3.8) is 0 Å². The fourth-order valence-corrected chi connectivity index (χ4v) is 4.83. The molecule has 5 rings (SSSR count). The van der Waals surface area contributed by atoms with Crippen molar-refractivity contribution >= 4 is 40.8 Å². The maximum absolute atomic E-state index is 12.9. The maximum atomic E-state index is 12.9. The van der Waals surface area contributed by atoms with Crippen LogP contribution in [0.25, 0.3) is 0 Å². The van der Waals surface area contributed by atoms with E-state index in [2.05, 4.69) is 5.10 Å². The van der Waals surface area contributed by atoms with Crippen molar-refractivity contribution in [1.82, 2.24) is 9.78 Å². The van der Waals surface area contributed by atoms with E-state index in [-0.39, 0.29) is 35.9 Å². The number of ether oxygens (including phenoxy) is 1. The lowest BCUT2D eigenvalue weighted by Gasteiger charge is -2.15. The summed E-state index contributed by atoms with van der Waals surface area (Å²) in [5.41, 5.74) is 1.79. The van der Waals surface area contributed by atoms with E-state index < -0.39 is 0 Å². The van der Waals surface area contributed by atoms with E-state index in [4.69, 9.17) is 27.9 Å². The van der Waals surface area contributed by atoms with Crippen LogP contribution in [0.2, 0.25) is 10.0 Å². The maximum Gasteiger partial charge on any atom is 0.241 e. The highest BCUT2D eigenvalue weighted by Gasteiger charge is 2.63. The van der Waals surface area contributed by atoms with Crippen LogP contribution in [0.3, 0.4) is 0 Å². The van der Waals surface area contributed by atoms with Crippen LogP contribution in [0.15, 0.2) is 24.3 Å². The molecule has 140 valence electrons. The summed E-state index contributed by atoms with van der Waals surface area (Å²) in [7, 11) is 0. The second-order valence-corrected chi connectivity index (χ2v) is 8.22. The van der Waals surface area contributed by atoms with Crippen LogP contribution < -0.4 is 4.90 Å². The lowest BCUT2D eigenvalue weighted by molar-refractivity contribution is -0.124. The first-order valence-electron chi connectivity index (χ1n) is 8.95. The Morgan fingerprint density at radius 2 is 1.74 bits per heavy atom. The Balaban J connectivity index is 1.43. The zero-order chi connectivity index (χ0) is 18.9. The molecule has 0 radical (unpaired) electrons. The van der Waals surface area contributed by atoms with Crippen molar-refractivity contribution in [3.05, 3.63) is 45.6 Å². The summed E-state index contributed by atoms with van der Waals surface area (Å²) >= 11 is 12.0. The van der Waals surface area contributed by atoms with Gasteiger partial charge in [0.2, 0.25) is 11.8 Å². The standard InChI is InChI=1S/C19H17Cl2N3O3/c1-9-6-15(22-23(9)8-10-2-3-11(20)12(21)7-10)24-18(25)16-13-4-5-14(27-13)17(16)19(24)26/h2-3,6-7,13-14,16-17H,4-5,8H2,1H3/t13-,14+,16-,17-/m0/s1. The number of aryl methyl sites for hydroxylation is 1. The van der Waals surface area contributed by atoms with Gasteiger partial charge in [-0.05, 0) is 37.5 Å². The average molecular weight is 406 g/mol. The minimum absolute atomic E-state index is 0.124. The van der Waals surface area contributed by atoms with Gasteiger partial charge in [0.15, 0.2) is 5.82 Å². The fourth-order valence-electron chi connectivity index (χ4n) is 4.51. The molecule has 0 saturated carbocycles. The molecule has 4 heterocycles. The van der Waals surface area contributed by atoms with E-state index >= 15 is 0 Å². The minimum atomic E-state index is -0.350. The molecule has 3 saturated heterocycles.